The standard InChI is InChI=1S/C24H16Br2N4/c25-21-19(15-8-3-1-4-9-15)27-23(29-21)17-12-7-13-18(14-17)24-28-20(22(26)30-24)16-10-5-2-6-11-16/h1-14H,(H,27,29)(H,28,30). The molecule has 0 radical (unpaired) electrons. The summed E-state index contributed by atoms with van der Waals surface area (Å²) in [6, 6.07) is 28.4. The number of nitrogens with zero attached hydrogens (tertiary/aromatic N) is 2. The molecule has 4 nitrogen and oxygen atoms in total. The first kappa shape index (κ1) is 19.0. The summed E-state index contributed by atoms with van der Waals surface area (Å²) in [5, 5.41) is 0. The maximum absolute atomic E-state index is 4.81. The van der Waals surface area contributed by atoms with Gasteiger partial charge in [-0.3, -0.25) is 0 Å². The Labute approximate surface area is 190 Å². The second-order valence-corrected chi connectivity index (χ2v) is 8.39. The number of rotatable bonds is 4. The summed E-state index contributed by atoms with van der Waals surface area (Å²) in [6.45, 7) is 0. The quantitative estimate of drug-likeness (QED) is 0.261. The Balaban J connectivity index is 1.52. The molecule has 5 aromatic rings. The van der Waals surface area contributed by atoms with E-state index in [1.807, 2.05) is 78.9 Å². The van der Waals surface area contributed by atoms with Crippen LogP contribution in [0.25, 0.3) is 45.3 Å². The van der Waals surface area contributed by atoms with Gasteiger partial charge < -0.3 is 9.97 Å². The molecule has 2 N–H and O–H groups in total. The van der Waals surface area contributed by atoms with Crippen LogP contribution in [0.4, 0.5) is 0 Å². The van der Waals surface area contributed by atoms with E-state index in [1.54, 1.807) is 0 Å². The Hall–Kier alpha value is -2.96. The van der Waals surface area contributed by atoms with Gasteiger partial charge >= 0.3 is 0 Å². The fourth-order valence-electron chi connectivity index (χ4n) is 3.37. The van der Waals surface area contributed by atoms with Gasteiger partial charge in [0, 0.05) is 22.3 Å². The fraction of sp³-hybridized carbons (Fsp3) is 0. The number of imidazole rings is 2. The molecule has 0 saturated heterocycles. The number of aromatic amines is 2. The topological polar surface area (TPSA) is 57.4 Å². The van der Waals surface area contributed by atoms with Crippen LogP contribution in [0.2, 0.25) is 0 Å². The lowest BCUT2D eigenvalue weighted by Gasteiger charge is -2.01. The number of halogens is 2. The molecule has 0 bridgehead atoms. The van der Waals surface area contributed by atoms with Crippen LogP contribution < -0.4 is 0 Å². The number of hydrogen-bond acceptors (Lipinski definition) is 2. The Morgan fingerprint density at radius 1 is 0.500 bits per heavy atom. The second-order valence-electron chi connectivity index (χ2n) is 6.81. The lowest BCUT2D eigenvalue weighted by molar-refractivity contribution is 1.28. The van der Waals surface area contributed by atoms with Gasteiger partial charge in [0.15, 0.2) is 0 Å². The van der Waals surface area contributed by atoms with Gasteiger partial charge in [0.1, 0.15) is 32.2 Å². The Bertz CT molecular complexity index is 1210. The van der Waals surface area contributed by atoms with Gasteiger partial charge in [-0.05, 0) is 37.9 Å². The molecular formula is C24H16Br2N4. The number of H-pyrrole nitrogens is 2. The smallest absolute Gasteiger partial charge is 0.138 e. The Morgan fingerprint density at radius 2 is 0.900 bits per heavy atom. The van der Waals surface area contributed by atoms with Gasteiger partial charge in [0.2, 0.25) is 0 Å². The average molecular weight is 520 g/mol. The summed E-state index contributed by atoms with van der Waals surface area (Å²) in [5.41, 5.74) is 5.88. The highest BCUT2D eigenvalue weighted by Gasteiger charge is 2.14. The number of hydrogen-bond donors (Lipinski definition) is 2. The van der Waals surface area contributed by atoms with Crippen LogP contribution in [0.5, 0.6) is 0 Å². The molecular weight excluding hydrogens is 504 g/mol. The molecule has 2 heterocycles. The number of nitrogens with one attached hydrogen (secondary N) is 2. The Morgan fingerprint density at radius 3 is 1.33 bits per heavy atom. The van der Waals surface area contributed by atoms with Crippen LogP contribution in [-0.4, -0.2) is 19.9 Å². The molecule has 0 aliphatic heterocycles. The van der Waals surface area contributed by atoms with Crippen molar-refractivity contribution in [1.82, 2.24) is 19.9 Å². The first-order valence-corrected chi connectivity index (χ1v) is 11.0. The minimum atomic E-state index is 0.802. The van der Waals surface area contributed by atoms with E-state index < -0.39 is 0 Å². The predicted molar refractivity (Wildman–Crippen MR) is 128 cm³/mol. The van der Waals surface area contributed by atoms with Gasteiger partial charge in [-0.25, -0.2) is 9.97 Å². The van der Waals surface area contributed by atoms with Gasteiger partial charge in [-0.1, -0.05) is 78.9 Å². The maximum atomic E-state index is 4.81. The van der Waals surface area contributed by atoms with E-state index in [4.69, 9.17) is 9.97 Å². The zero-order valence-electron chi connectivity index (χ0n) is 15.7. The molecule has 0 aliphatic carbocycles. The molecule has 5 rings (SSSR count). The van der Waals surface area contributed by atoms with Crippen molar-refractivity contribution in [2.45, 2.75) is 0 Å². The summed E-state index contributed by atoms with van der Waals surface area (Å²) in [4.78, 5) is 16.3. The van der Waals surface area contributed by atoms with Crippen LogP contribution in [-0.2, 0) is 0 Å². The minimum absolute atomic E-state index is 0.802. The number of benzene rings is 3. The van der Waals surface area contributed by atoms with Crippen molar-refractivity contribution >= 4 is 31.9 Å². The monoisotopic (exact) mass is 518 g/mol. The van der Waals surface area contributed by atoms with Crippen LogP contribution in [0.15, 0.2) is 94.1 Å². The molecule has 0 spiro atoms. The van der Waals surface area contributed by atoms with Crippen LogP contribution in [0, 0.1) is 0 Å². The molecule has 6 heteroatoms. The third-order valence-electron chi connectivity index (χ3n) is 4.82. The van der Waals surface area contributed by atoms with E-state index in [0.717, 1.165) is 54.5 Å². The zero-order valence-corrected chi connectivity index (χ0v) is 18.9. The average Bonchev–Trinajstić information content (AvgIpc) is 3.38. The molecule has 3 aromatic carbocycles. The number of aromatic nitrogens is 4. The van der Waals surface area contributed by atoms with Crippen molar-refractivity contribution < 1.29 is 0 Å². The summed E-state index contributed by atoms with van der Waals surface area (Å²) in [6.07, 6.45) is 0. The van der Waals surface area contributed by atoms with Crippen molar-refractivity contribution in [3.05, 3.63) is 94.1 Å². The van der Waals surface area contributed by atoms with E-state index in [0.29, 0.717) is 0 Å². The van der Waals surface area contributed by atoms with Gasteiger partial charge in [-0.15, -0.1) is 0 Å². The van der Waals surface area contributed by atoms with Crippen molar-refractivity contribution in [3.63, 3.8) is 0 Å². The SMILES string of the molecule is Brc1[nH]c(-c2cccc(-c3nc(-c4ccccc4)c(Br)[nH]3)c2)nc1-c1ccccc1. The highest BCUT2D eigenvalue weighted by atomic mass is 79.9. The summed E-state index contributed by atoms with van der Waals surface area (Å²) >= 11 is 7.22. The van der Waals surface area contributed by atoms with E-state index in [2.05, 4.69) is 47.9 Å². The predicted octanol–water partition coefficient (Wildman–Crippen LogP) is 7.33. The highest BCUT2D eigenvalue weighted by Crippen LogP contribution is 2.33. The van der Waals surface area contributed by atoms with Crippen molar-refractivity contribution in [3.8, 4) is 45.3 Å². The molecule has 0 fully saturated rings. The molecule has 0 atom stereocenters. The van der Waals surface area contributed by atoms with E-state index >= 15 is 0 Å². The van der Waals surface area contributed by atoms with Crippen molar-refractivity contribution in [2.24, 2.45) is 0 Å². The van der Waals surface area contributed by atoms with Crippen molar-refractivity contribution in [1.29, 1.82) is 0 Å². The summed E-state index contributed by atoms with van der Waals surface area (Å²) < 4.78 is 1.72. The lowest BCUT2D eigenvalue weighted by atomic mass is 10.1. The molecule has 2 aromatic heterocycles. The molecule has 0 unspecified atom stereocenters. The summed E-state index contributed by atoms with van der Waals surface area (Å²) in [7, 11) is 0. The van der Waals surface area contributed by atoms with E-state index in [-0.39, 0.29) is 0 Å². The molecule has 146 valence electrons. The molecule has 0 saturated carbocycles. The van der Waals surface area contributed by atoms with Gasteiger partial charge in [0.05, 0.1) is 0 Å². The lowest BCUT2D eigenvalue weighted by Crippen LogP contribution is -1.85. The normalized spacial score (nSPS) is 11.0. The molecule has 30 heavy (non-hydrogen) atoms. The van der Waals surface area contributed by atoms with Crippen LogP contribution >= 0.6 is 31.9 Å². The highest BCUT2D eigenvalue weighted by molar-refractivity contribution is 9.10. The fourth-order valence-corrected chi connectivity index (χ4v) is 4.38. The summed E-state index contributed by atoms with van der Waals surface area (Å²) in [5.74, 6) is 1.60. The van der Waals surface area contributed by atoms with E-state index in [1.165, 1.54) is 0 Å². The third-order valence-corrected chi connectivity index (χ3v) is 5.97. The second kappa shape index (κ2) is 8.05. The molecule has 0 amide bonds. The van der Waals surface area contributed by atoms with Crippen molar-refractivity contribution in [2.75, 3.05) is 0 Å². The Kier molecular flexibility index (Phi) is 5.11. The van der Waals surface area contributed by atoms with Gasteiger partial charge in [0.25, 0.3) is 0 Å². The largest absolute Gasteiger partial charge is 0.332 e. The van der Waals surface area contributed by atoms with Crippen LogP contribution in [0.1, 0.15) is 0 Å². The molecule has 0 aliphatic rings. The van der Waals surface area contributed by atoms with Crippen LogP contribution in [0.3, 0.4) is 0 Å². The van der Waals surface area contributed by atoms with Gasteiger partial charge in [-0.2, -0.15) is 0 Å². The third kappa shape index (κ3) is 3.64. The maximum Gasteiger partial charge on any atom is 0.138 e. The first-order chi connectivity index (χ1) is 14.7. The zero-order chi connectivity index (χ0) is 20.5. The first-order valence-electron chi connectivity index (χ1n) is 9.42. The minimum Gasteiger partial charge on any atom is -0.332 e. The van der Waals surface area contributed by atoms with E-state index in [9.17, 15) is 0 Å².